The fraction of sp³-hybridized carbons (Fsp3) is 0.500. The molecule has 0 bridgehead atoms. The van der Waals surface area contributed by atoms with Gasteiger partial charge in [0.25, 0.3) is 5.56 Å². The molecule has 144 valence electrons. The molecule has 6 nitrogen and oxygen atoms in total. The van der Waals surface area contributed by atoms with Crippen LogP contribution in [0.2, 0.25) is 0 Å². The summed E-state index contributed by atoms with van der Waals surface area (Å²) in [6, 6.07) is 6.44. The molecule has 1 aromatic heterocycles. The van der Waals surface area contributed by atoms with Crippen LogP contribution in [0.1, 0.15) is 36.4 Å². The topological polar surface area (TPSA) is 61.5 Å². The number of H-pyrrole nitrogens is 1. The summed E-state index contributed by atoms with van der Waals surface area (Å²) in [4.78, 5) is 24.1. The summed E-state index contributed by atoms with van der Waals surface area (Å²) in [6.45, 7) is 4.04. The monoisotopic (exact) mass is 372 g/mol. The number of rotatable bonds is 5. The van der Waals surface area contributed by atoms with Crippen molar-refractivity contribution >= 4 is 5.95 Å². The van der Waals surface area contributed by atoms with Crippen molar-refractivity contribution in [1.82, 2.24) is 14.9 Å². The van der Waals surface area contributed by atoms with Gasteiger partial charge in [0.05, 0.1) is 12.8 Å². The zero-order valence-corrected chi connectivity index (χ0v) is 15.6. The van der Waals surface area contributed by atoms with Crippen molar-refractivity contribution in [3.8, 4) is 5.75 Å². The van der Waals surface area contributed by atoms with Crippen LogP contribution < -0.4 is 15.2 Å². The van der Waals surface area contributed by atoms with Gasteiger partial charge in [-0.25, -0.2) is 9.37 Å². The summed E-state index contributed by atoms with van der Waals surface area (Å²) < 4.78 is 19.3. The van der Waals surface area contributed by atoms with E-state index < -0.39 is 0 Å². The van der Waals surface area contributed by atoms with Crippen LogP contribution in [0.5, 0.6) is 5.75 Å². The van der Waals surface area contributed by atoms with Gasteiger partial charge in [0.1, 0.15) is 11.6 Å². The molecule has 0 aliphatic carbocycles. The van der Waals surface area contributed by atoms with Crippen molar-refractivity contribution in [2.24, 2.45) is 0 Å². The van der Waals surface area contributed by atoms with Gasteiger partial charge in [0.15, 0.2) is 0 Å². The smallest absolute Gasteiger partial charge is 0.252 e. The van der Waals surface area contributed by atoms with E-state index >= 15 is 0 Å². The molecule has 1 N–H and O–H groups in total. The highest BCUT2D eigenvalue weighted by Crippen LogP contribution is 2.28. The summed E-state index contributed by atoms with van der Waals surface area (Å²) in [5, 5.41) is 0. The number of benzene rings is 1. The number of aromatic nitrogens is 2. The Morgan fingerprint density at radius 2 is 2.07 bits per heavy atom. The maximum atomic E-state index is 14.1. The molecule has 2 aliphatic rings. The number of anilines is 1. The Bertz CT molecular complexity index is 863. The molecule has 2 aromatic rings. The molecule has 0 amide bonds. The quantitative estimate of drug-likeness (QED) is 0.874. The highest BCUT2D eigenvalue weighted by atomic mass is 19.1. The highest BCUT2D eigenvalue weighted by molar-refractivity contribution is 5.33. The van der Waals surface area contributed by atoms with Crippen molar-refractivity contribution in [2.75, 3.05) is 38.2 Å². The number of halogens is 1. The van der Waals surface area contributed by atoms with E-state index in [9.17, 15) is 9.18 Å². The molecule has 0 radical (unpaired) electrons. The lowest BCUT2D eigenvalue weighted by Crippen LogP contribution is -2.25. The molecule has 2 aliphatic heterocycles. The van der Waals surface area contributed by atoms with E-state index in [1.165, 1.54) is 6.07 Å². The predicted molar refractivity (Wildman–Crippen MR) is 102 cm³/mol. The predicted octanol–water partition coefficient (Wildman–Crippen LogP) is 2.51. The number of methoxy groups -OCH3 is 1. The van der Waals surface area contributed by atoms with Crippen molar-refractivity contribution in [2.45, 2.75) is 31.7 Å². The lowest BCUT2D eigenvalue weighted by molar-refractivity contribution is 0.319. The number of hydrogen-bond donors (Lipinski definition) is 1. The minimum Gasteiger partial charge on any atom is -0.497 e. The number of ether oxygens (including phenoxy) is 1. The Kier molecular flexibility index (Phi) is 5.11. The van der Waals surface area contributed by atoms with E-state index in [1.807, 2.05) is 0 Å². The van der Waals surface area contributed by atoms with E-state index in [1.54, 1.807) is 25.3 Å². The van der Waals surface area contributed by atoms with Crippen molar-refractivity contribution in [1.29, 1.82) is 0 Å². The summed E-state index contributed by atoms with van der Waals surface area (Å²) >= 11 is 0. The molecule has 0 unspecified atom stereocenters. The maximum Gasteiger partial charge on any atom is 0.252 e. The van der Waals surface area contributed by atoms with Gasteiger partial charge in [-0.05, 0) is 44.0 Å². The van der Waals surface area contributed by atoms with E-state index in [2.05, 4.69) is 14.8 Å². The normalized spacial score (nSPS) is 20.4. The molecule has 2 fully saturated rings. The molecular weight excluding hydrogens is 347 g/mol. The number of hydrogen-bond acceptors (Lipinski definition) is 5. The fourth-order valence-corrected chi connectivity index (χ4v) is 4.01. The van der Waals surface area contributed by atoms with Gasteiger partial charge in [0, 0.05) is 43.7 Å². The lowest BCUT2D eigenvalue weighted by Gasteiger charge is -2.19. The van der Waals surface area contributed by atoms with Crippen LogP contribution >= 0.6 is 0 Å². The first-order valence-electron chi connectivity index (χ1n) is 9.53. The zero-order valence-electron chi connectivity index (χ0n) is 15.6. The van der Waals surface area contributed by atoms with Gasteiger partial charge in [-0.1, -0.05) is 0 Å². The molecule has 0 spiro atoms. The number of aromatic amines is 1. The number of nitrogens with zero attached hydrogens (tertiary/aromatic N) is 3. The second-order valence-electron chi connectivity index (χ2n) is 7.37. The first-order chi connectivity index (χ1) is 13.1. The zero-order chi connectivity index (χ0) is 18.8. The van der Waals surface area contributed by atoms with Crippen LogP contribution in [0.4, 0.5) is 10.3 Å². The van der Waals surface area contributed by atoms with Crippen molar-refractivity contribution in [3.63, 3.8) is 0 Å². The molecule has 0 saturated carbocycles. The van der Waals surface area contributed by atoms with E-state index in [-0.39, 0.29) is 17.3 Å². The molecule has 3 heterocycles. The summed E-state index contributed by atoms with van der Waals surface area (Å²) in [5.41, 5.74) is 1.38. The van der Waals surface area contributed by atoms with Crippen LogP contribution in [0.25, 0.3) is 0 Å². The van der Waals surface area contributed by atoms with Crippen molar-refractivity contribution < 1.29 is 9.13 Å². The summed E-state index contributed by atoms with van der Waals surface area (Å²) in [6.07, 6.45) is 3.19. The average molecular weight is 372 g/mol. The van der Waals surface area contributed by atoms with Crippen LogP contribution in [0, 0.1) is 5.82 Å². The highest BCUT2D eigenvalue weighted by Gasteiger charge is 2.27. The third-order valence-electron chi connectivity index (χ3n) is 5.49. The number of likely N-dealkylation sites (tertiary alicyclic amines) is 1. The molecular formula is C20H25FN4O2. The summed E-state index contributed by atoms with van der Waals surface area (Å²) in [7, 11) is 1.58. The minimum atomic E-state index is -0.218. The molecule has 1 aromatic carbocycles. The Hall–Kier alpha value is -2.41. The van der Waals surface area contributed by atoms with Crippen LogP contribution in [-0.2, 0) is 6.54 Å². The van der Waals surface area contributed by atoms with Gasteiger partial charge in [0.2, 0.25) is 5.95 Å². The Morgan fingerprint density at radius 3 is 2.85 bits per heavy atom. The van der Waals surface area contributed by atoms with Crippen molar-refractivity contribution in [3.05, 3.63) is 51.7 Å². The maximum absolute atomic E-state index is 14.1. The third-order valence-corrected chi connectivity index (χ3v) is 5.49. The van der Waals surface area contributed by atoms with Gasteiger partial charge in [-0.2, -0.15) is 0 Å². The van der Waals surface area contributed by atoms with Crippen LogP contribution in [0.3, 0.4) is 0 Å². The van der Waals surface area contributed by atoms with Gasteiger partial charge < -0.3 is 9.64 Å². The van der Waals surface area contributed by atoms with E-state index in [0.717, 1.165) is 51.1 Å². The van der Waals surface area contributed by atoms with Crippen LogP contribution in [0.15, 0.2) is 29.1 Å². The minimum absolute atomic E-state index is 0.0980. The van der Waals surface area contributed by atoms with E-state index in [0.29, 0.717) is 23.8 Å². The molecule has 2 saturated heterocycles. The standard InChI is InChI=1S/C20H25FN4O2/c1-27-16-4-5-17(21)15(10-16)13-24-9-6-14(12-24)18-11-19(26)23-20(22-18)25-7-2-3-8-25/h4-5,10-11,14H,2-3,6-9,12-13H2,1H3,(H,22,23,26)/t14-/m0/s1. The first-order valence-corrected chi connectivity index (χ1v) is 9.53. The second-order valence-corrected chi connectivity index (χ2v) is 7.37. The Balaban J connectivity index is 1.47. The van der Waals surface area contributed by atoms with Gasteiger partial charge >= 0.3 is 0 Å². The second kappa shape index (κ2) is 7.68. The lowest BCUT2D eigenvalue weighted by atomic mass is 10.0. The fourth-order valence-electron chi connectivity index (χ4n) is 4.01. The Morgan fingerprint density at radius 1 is 1.26 bits per heavy atom. The molecule has 4 rings (SSSR count). The average Bonchev–Trinajstić information content (AvgIpc) is 3.35. The first kappa shape index (κ1) is 18.0. The Labute approximate surface area is 158 Å². The third kappa shape index (κ3) is 3.98. The largest absolute Gasteiger partial charge is 0.497 e. The van der Waals surface area contributed by atoms with Gasteiger partial charge in [-0.15, -0.1) is 0 Å². The molecule has 27 heavy (non-hydrogen) atoms. The van der Waals surface area contributed by atoms with Crippen LogP contribution in [-0.4, -0.2) is 48.2 Å². The molecule has 7 heteroatoms. The van der Waals surface area contributed by atoms with E-state index in [4.69, 9.17) is 9.72 Å². The summed E-state index contributed by atoms with van der Waals surface area (Å²) in [5.74, 6) is 1.33. The van der Waals surface area contributed by atoms with Gasteiger partial charge in [-0.3, -0.25) is 14.7 Å². The SMILES string of the molecule is COc1ccc(F)c(CN2CC[C@H](c3cc(=O)[nH]c(N4CCCC4)n3)C2)c1. The number of nitrogens with one attached hydrogen (secondary N) is 1. The molecule has 1 atom stereocenters.